The van der Waals surface area contributed by atoms with Crippen molar-refractivity contribution in [2.75, 3.05) is 0 Å². The van der Waals surface area contributed by atoms with Crippen LogP contribution < -0.4 is 5.73 Å². The van der Waals surface area contributed by atoms with Crippen LogP contribution in [-0.4, -0.2) is 18.5 Å². The van der Waals surface area contributed by atoms with Crippen LogP contribution in [0.3, 0.4) is 0 Å². The van der Waals surface area contributed by atoms with Crippen molar-refractivity contribution in [3.63, 3.8) is 0 Å². The van der Waals surface area contributed by atoms with E-state index in [4.69, 9.17) is 5.73 Å². The SMILES string of the molecule is C=C(C)CC(O[C]=O)C(N)=O. The molecule has 2 N–H and O–H groups in total. The second-order valence-electron chi connectivity index (χ2n) is 2.25. The molecule has 0 bridgehead atoms. The quantitative estimate of drug-likeness (QED) is 0.564. The molecule has 0 aromatic carbocycles. The predicted molar refractivity (Wildman–Crippen MR) is 39.2 cm³/mol. The van der Waals surface area contributed by atoms with Crippen LogP contribution in [0.5, 0.6) is 0 Å². The van der Waals surface area contributed by atoms with E-state index in [9.17, 15) is 9.59 Å². The molecule has 0 fully saturated rings. The van der Waals surface area contributed by atoms with Crippen molar-refractivity contribution in [1.82, 2.24) is 0 Å². The van der Waals surface area contributed by atoms with Crippen molar-refractivity contribution >= 4 is 12.4 Å². The molecule has 0 aliphatic heterocycles. The number of hydrogen-bond acceptors (Lipinski definition) is 3. The molecular formula is C7H10NO3. The van der Waals surface area contributed by atoms with E-state index >= 15 is 0 Å². The Labute approximate surface area is 65.0 Å². The van der Waals surface area contributed by atoms with Crippen molar-refractivity contribution in [3.05, 3.63) is 12.2 Å². The van der Waals surface area contributed by atoms with Gasteiger partial charge in [-0.05, 0) is 6.92 Å². The van der Waals surface area contributed by atoms with Crippen molar-refractivity contribution < 1.29 is 14.3 Å². The first-order chi connectivity index (χ1) is 5.07. The summed E-state index contributed by atoms with van der Waals surface area (Å²) in [6, 6.07) is 0. The van der Waals surface area contributed by atoms with Crippen molar-refractivity contribution in [2.24, 2.45) is 5.73 Å². The van der Waals surface area contributed by atoms with E-state index < -0.39 is 12.0 Å². The number of carbonyl (C=O) groups excluding carboxylic acids is 2. The Morgan fingerprint density at radius 2 is 2.36 bits per heavy atom. The lowest BCUT2D eigenvalue weighted by Crippen LogP contribution is -2.30. The van der Waals surface area contributed by atoms with E-state index in [1.54, 1.807) is 6.92 Å². The van der Waals surface area contributed by atoms with Crippen LogP contribution in [0.25, 0.3) is 0 Å². The van der Waals surface area contributed by atoms with E-state index in [1.807, 2.05) is 0 Å². The first-order valence-electron chi connectivity index (χ1n) is 3.04. The fraction of sp³-hybridized carbons (Fsp3) is 0.429. The van der Waals surface area contributed by atoms with E-state index in [0.29, 0.717) is 0 Å². The third-order valence-corrected chi connectivity index (χ3v) is 1.04. The number of rotatable bonds is 5. The molecule has 61 valence electrons. The summed E-state index contributed by atoms with van der Waals surface area (Å²) < 4.78 is 4.27. The summed E-state index contributed by atoms with van der Waals surface area (Å²) in [5, 5.41) is 0. The van der Waals surface area contributed by atoms with Crippen molar-refractivity contribution in [1.29, 1.82) is 0 Å². The second kappa shape index (κ2) is 4.49. The number of ether oxygens (including phenoxy) is 1. The maximum atomic E-state index is 10.5. The van der Waals surface area contributed by atoms with E-state index in [-0.39, 0.29) is 6.42 Å². The minimum atomic E-state index is -0.926. The summed E-state index contributed by atoms with van der Waals surface area (Å²) >= 11 is 0. The Morgan fingerprint density at radius 3 is 2.64 bits per heavy atom. The second-order valence-corrected chi connectivity index (χ2v) is 2.25. The standard InChI is InChI=1S/C7H10NO3/c1-5(2)3-6(7(8)10)11-4-9/h6H,1,3H2,2H3,(H2,8,10). The van der Waals surface area contributed by atoms with Crippen LogP contribution in [0.2, 0.25) is 0 Å². The van der Waals surface area contributed by atoms with Crippen LogP contribution in [0.15, 0.2) is 12.2 Å². The van der Waals surface area contributed by atoms with E-state index in [1.165, 1.54) is 0 Å². The number of primary amides is 1. The van der Waals surface area contributed by atoms with E-state index in [2.05, 4.69) is 11.3 Å². The number of carbonyl (C=O) groups is 1. The Hall–Kier alpha value is -1.32. The molecule has 1 amide bonds. The zero-order chi connectivity index (χ0) is 8.85. The molecule has 1 atom stereocenters. The Bertz CT molecular complexity index is 177. The zero-order valence-electron chi connectivity index (χ0n) is 6.29. The van der Waals surface area contributed by atoms with Gasteiger partial charge in [0.15, 0.2) is 6.10 Å². The Morgan fingerprint density at radius 1 is 1.82 bits per heavy atom. The van der Waals surface area contributed by atoms with Gasteiger partial charge in [-0.15, -0.1) is 0 Å². The summed E-state index contributed by atoms with van der Waals surface area (Å²) in [5.74, 6) is -0.684. The largest absolute Gasteiger partial charge is 0.444 e. The van der Waals surface area contributed by atoms with Gasteiger partial charge in [0.1, 0.15) is 0 Å². The first kappa shape index (κ1) is 9.68. The van der Waals surface area contributed by atoms with Crippen LogP contribution in [0.1, 0.15) is 13.3 Å². The highest BCUT2D eigenvalue weighted by Gasteiger charge is 2.15. The molecule has 0 aliphatic carbocycles. The molecular weight excluding hydrogens is 146 g/mol. The number of nitrogens with two attached hydrogens (primary N) is 1. The van der Waals surface area contributed by atoms with Gasteiger partial charge in [0.2, 0.25) is 0 Å². The molecule has 0 aromatic heterocycles. The number of hydrogen-bond donors (Lipinski definition) is 1. The first-order valence-corrected chi connectivity index (χ1v) is 3.04. The van der Waals surface area contributed by atoms with Gasteiger partial charge in [0, 0.05) is 6.42 Å². The summed E-state index contributed by atoms with van der Waals surface area (Å²) in [6.07, 6.45) is -0.671. The average molecular weight is 156 g/mol. The minimum Gasteiger partial charge on any atom is -0.444 e. The molecule has 0 saturated carbocycles. The molecule has 1 radical (unpaired) electrons. The van der Waals surface area contributed by atoms with Gasteiger partial charge < -0.3 is 10.5 Å². The smallest absolute Gasteiger partial charge is 0.418 e. The Kier molecular flexibility index (Phi) is 3.95. The topological polar surface area (TPSA) is 69.4 Å². The van der Waals surface area contributed by atoms with Crippen molar-refractivity contribution in [3.8, 4) is 0 Å². The average Bonchev–Trinajstić information content (AvgIpc) is 1.86. The third-order valence-electron chi connectivity index (χ3n) is 1.04. The minimum absolute atomic E-state index is 0.255. The van der Waals surface area contributed by atoms with Gasteiger partial charge >= 0.3 is 6.47 Å². The number of amides is 1. The normalized spacial score (nSPS) is 11.7. The molecule has 11 heavy (non-hydrogen) atoms. The molecule has 0 spiro atoms. The van der Waals surface area contributed by atoms with Crippen LogP contribution >= 0.6 is 0 Å². The van der Waals surface area contributed by atoms with Crippen LogP contribution in [-0.2, 0) is 14.3 Å². The van der Waals surface area contributed by atoms with Gasteiger partial charge in [-0.3, -0.25) is 4.79 Å². The lowest BCUT2D eigenvalue weighted by atomic mass is 10.1. The highest BCUT2D eigenvalue weighted by Crippen LogP contribution is 2.03. The molecule has 0 aromatic rings. The maximum absolute atomic E-state index is 10.5. The van der Waals surface area contributed by atoms with Crippen LogP contribution in [0, 0.1) is 0 Å². The van der Waals surface area contributed by atoms with Gasteiger partial charge in [0.05, 0.1) is 0 Å². The lowest BCUT2D eigenvalue weighted by Gasteiger charge is -2.09. The van der Waals surface area contributed by atoms with Gasteiger partial charge in [0.25, 0.3) is 5.91 Å². The molecule has 0 heterocycles. The van der Waals surface area contributed by atoms with Gasteiger partial charge in [-0.2, -0.15) is 0 Å². The Balaban J connectivity index is 3.99. The van der Waals surface area contributed by atoms with Crippen molar-refractivity contribution in [2.45, 2.75) is 19.4 Å². The lowest BCUT2D eigenvalue weighted by molar-refractivity contribution is -0.125. The summed E-state index contributed by atoms with van der Waals surface area (Å²) in [7, 11) is 0. The highest BCUT2D eigenvalue weighted by molar-refractivity contribution is 5.80. The van der Waals surface area contributed by atoms with E-state index in [0.717, 1.165) is 12.0 Å². The summed E-state index contributed by atoms with van der Waals surface area (Å²) in [5.41, 5.74) is 5.61. The molecule has 0 rings (SSSR count). The molecule has 1 unspecified atom stereocenters. The van der Waals surface area contributed by atoms with Crippen LogP contribution in [0.4, 0.5) is 0 Å². The zero-order valence-corrected chi connectivity index (χ0v) is 6.29. The fourth-order valence-corrected chi connectivity index (χ4v) is 0.575. The molecule has 4 heteroatoms. The molecule has 0 saturated heterocycles. The third kappa shape index (κ3) is 4.13. The maximum Gasteiger partial charge on any atom is 0.418 e. The monoisotopic (exact) mass is 156 g/mol. The molecule has 4 nitrogen and oxygen atoms in total. The summed E-state index contributed by atoms with van der Waals surface area (Å²) in [6.45, 7) is 6.42. The fourth-order valence-electron chi connectivity index (χ4n) is 0.575. The van der Waals surface area contributed by atoms with Gasteiger partial charge in [-0.1, -0.05) is 12.2 Å². The molecule has 0 aliphatic rings. The van der Waals surface area contributed by atoms with Gasteiger partial charge in [-0.25, -0.2) is 4.79 Å². The highest BCUT2D eigenvalue weighted by atomic mass is 16.5. The summed E-state index contributed by atoms with van der Waals surface area (Å²) in [4.78, 5) is 20.2. The predicted octanol–water partition coefficient (Wildman–Crippen LogP) is -0.110.